The summed E-state index contributed by atoms with van der Waals surface area (Å²) in [5, 5.41) is 9.00. The number of fused-ring (bicyclic) bond motifs is 1. The molecule has 1 aromatic carbocycles. The van der Waals surface area contributed by atoms with E-state index in [1.807, 2.05) is 13.8 Å². The van der Waals surface area contributed by atoms with E-state index < -0.39 is 23.8 Å². The van der Waals surface area contributed by atoms with Crippen molar-refractivity contribution in [2.24, 2.45) is 0 Å². The van der Waals surface area contributed by atoms with Crippen LogP contribution in [0, 0.1) is 0 Å². The molecule has 0 aromatic heterocycles. The number of hydrogen-bond acceptors (Lipinski definition) is 2. The zero-order chi connectivity index (χ0) is 15.8. The summed E-state index contributed by atoms with van der Waals surface area (Å²) in [6.45, 7) is 3.74. The van der Waals surface area contributed by atoms with Crippen molar-refractivity contribution in [1.82, 2.24) is 0 Å². The fourth-order valence-electron chi connectivity index (χ4n) is 2.34. The summed E-state index contributed by atoms with van der Waals surface area (Å²) in [5.74, 6) is -1.50. The Kier molecular flexibility index (Phi) is 6.12. The van der Waals surface area contributed by atoms with Gasteiger partial charge in [-0.1, -0.05) is 19.9 Å². The average molecular weight is 324 g/mol. The number of aliphatic carboxylic acids is 1. The Morgan fingerprint density at radius 3 is 2.36 bits per heavy atom. The number of carboxylic acids is 1. The second kappa shape index (κ2) is 7.06. The van der Waals surface area contributed by atoms with Crippen LogP contribution >= 0.6 is 0 Å². The first-order chi connectivity index (χ1) is 9.77. The third kappa shape index (κ3) is 3.67. The van der Waals surface area contributed by atoms with Crippen LogP contribution in [0.1, 0.15) is 30.5 Å². The fraction of sp³-hybridized carbons (Fsp3) is 0.400. The molecule has 0 radical (unpaired) electrons. The average Bonchev–Trinajstić information content (AvgIpc) is 2.43. The van der Waals surface area contributed by atoms with Crippen LogP contribution < -0.4 is 4.74 Å². The van der Waals surface area contributed by atoms with E-state index in [1.165, 1.54) is 0 Å². The Bertz CT molecular complexity index is 609. The number of ether oxygens (including phenoxy) is 1. The molecular formula is C15H16F3NaO3. The van der Waals surface area contributed by atoms with Gasteiger partial charge in [0.2, 0.25) is 6.10 Å². The third-order valence-electron chi connectivity index (χ3n) is 3.42. The Hall–Kier alpha value is -0.980. The molecule has 1 N–H and O–H groups in total. The molecule has 0 bridgehead atoms. The van der Waals surface area contributed by atoms with E-state index in [1.54, 1.807) is 12.1 Å². The first-order valence-corrected chi connectivity index (χ1v) is 6.62. The number of rotatable bonds is 3. The van der Waals surface area contributed by atoms with Crippen molar-refractivity contribution < 1.29 is 27.8 Å². The Balaban J connectivity index is 0.00000242. The second-order valence-corrected chi connectivity index (χ2v) is 4.82. The van der Waals surface area contributed by atoms with Crippen LogP contribution in [0.5, 0.6) is 5.75 Å². The van der Waals surface area contributed by atoms with Crippen LogP contribution in [0.2, 0.25) is 0 Å². The molecular weight excluding hydrogens is 308 g/mol. The van der Waals surface area contributed by atoms with Gasteiger partial charge in [0, 0.05) is 5.56 Å². The number of halogens is 3. The van der Waals surface area contributed by atoms with Gasteiger partial charge in [0.1, 0.15) is 5.75 Å². The minimum atomic E-state index is -4.77. The van der Waals surface area contributed by atoms with Gasteiger partial charge in [0.05, 0.1) is 5.57 Å². The van der Waals surface area contributed by atoms with Gasteiger partial charge in [-0.15, -0.1) is 0 Å². The van der Waals surface area contributed by atoms with Gasteiger partial charge < -0.3 is 9.84 Å². The molecule has 0 aliphatic carbocycles. The maximum absolute atomic E-state index is 13.0. The van der Waals surface area contributed by atoms with E-state index in [0.717, 1.165) is 11.6 Å². The maximum atomic E-state index is 13.0. The number of carboxylic acid groups (broad SMARTS) is 1. The molecule has 1 atom stereocenters. The molecule has 0 spiro atoms. The summed E-state index contributed by atoms with van der Waals surface area (Å²) in [5.41, 5.74) is 1.19. The first-order valence-electron chi connectivity index (χ1n) is 6.62. The molecule has 116 valence electrons. The molecule has 1 aromatic rings. The summed E-state index contributed by atoms with van der Waals surface area (Å²) in [6.07, 6.45) is -4.91. The number of alkyl halides is 3. The zero-order valence-corrected chi connectivity index (χ0v) is 11.6. The predicted molar refractivity (Wildman–Crippen MR) is 78.4 cm³/mol. The van der Waals surface area contributed by atoms with E-state index >= 15 is 0 Å². The van der Waals surface area contributed by atoms with Gasteiger partial charge in [0.25, 0.3) is 0 Å². The van der Waals surface area contributed by atoms with Crippen LogP contribution in [0.15, 0.2) is 17.7 Å². The number of aryl methyl sites for hydroxylation is 2. The van der Waals surface area contributed by atoms with Gasteiger partial charge >= 0.3 is 41.7 Å². The molecule has 0 saturated heterocycles. The summed E-state index contributed by atoms with van der Waals surface area (Å²) >= 11 is 0. The SMILES string of the molecule is CCc1cc2c(c(CC)c1)O[C@@H](C(F)(F)F)C(C(=O)O)=C2.[NaH]. The molecule has 0 amide bonds. The summed E-state index contributed by atoms with van der Waals surface area (Å²) in [7, 11) is 0. The van der Waals surface area contributed by atoms with Crippen LogP contribution in [0.25, 0.3) is 6.08 Å². The predicted octanol–water partition coefficient (Wildman–Crippen LogP) is 2.95. The van der Waals surface area contributed by atoms with Crippen LogP contribution in [-0.4, -0.2) is 52.9 Å². The molecule has 0 unspecified atom stereocenters. The van der Waals surface area contributed by atoms with E-state index in [0.29, 0.717) is 24.0 Å². The fourth-order valence-corrected chi connectivity index (χ4v) is 2.34. The minimum absolute atomic E-state index is 0. The molecule has 1 heterocycles. The quantitative estimate of drug-likeness (QED) is 0.870. The molecule has 0 fully saturated rings. The summed E-state index contributed by atoms with van der Waals surface area (Å²) in [4.78, 5) is 11.1. The molecule has 3 nitrogen and oxygen atoms in total. The van der Waals surface area contributed by atoms with Gasteiger partial charge in [-0.05, 0) is 36.1 Å². The zero-order valence-electron chi connectivity index (χ0n) is 11.6. The third-order valence-corrected chi connectivity index (χ3v) is 3.42. The van der Waals surface area contributed by atoms with E-state index in [9.17, 15) is 18.0 Å². The van der Waals surface area contributed by atoms with Crippen molar-refractivity contribution >= 4 is 41.6 Å². The molecule has 7 heteroatoms. The molecule has 1 aliphatic heterocycles. The first kappa shape index (κ1) is 19.1. The standard InChI is InChI=1S/C15H15F3O3.Na.H/c1-3-8-5-9(4-2)12-10(6-8)7-11(14(19)20)13(21-12)15(16,17)18;;/h5-7,13H,3-4H2,1-2H3,(H,19,20);;/t13-;;/m1../s1. The van der Waals surface area contributed by atoms with Crippen molar-refractivity contribution in [2.45, 2.75) is 39.0 Å². The van der Waals surface area contributed by atoms with E-state index in [-0.39, 0.29) is 35.3 Å². The van der Waals surface area contributed by atoms with Crippen molar-refractivity contribution in [2.75, 3.05) is 0 Å². The topological polar surface area (TPSA) is 46.5 Å². The van der Waals surface area contributed by atoms with Crippen LogP contribution in [0.4, 0.5) is 13.2 Å². The van der Waals surface area contributed by atoms with Crippen molar-refractivity contribution in [3.63, 3.8) is 0 Å². The van der Waals surface area contributed by atoms with E-state index in [4.69, 9.17) is 9.84 Å². The Labute approximate surface area is 148 Å². The molecule has 2 rings (SSSR count). The van der Waals surface area contributed by atoms with Gasteiger partial charge in [-0.25, -0.2) is 4.79 Å². The molecule has 0 saturated carbocycles. The van der Waals surface area contributed by atoms with Crippen molar-refractivity contribution in [1.29, 1.82) is 0 Å². The monoisotopic (exact) mass is 324 g/mol. The number of hydrogen-bond donors (Lipinski definition) is 1. The van der Waals surface area contributed by atoms with Gasteiger partial charge in [-0.3, -0.25) is 0 Å². The molecule has 1 aliphatic rings. The van der Waals surface area contributed by atoms with E-state index in [2.05, 4.69) is 0 Å². The second-order valence-electron chi connectivity index (χ2n) is 4.82. The van der Waals surface area contributed by atoms with Crippen LogP contribution in [-0.2, 0) is 17.6 Å². The Morgan fingerprint density at radius 1 is 1.27 bits per heavy atom. The van der Waals surface area contributed by atoms with Gasteiger partial charge in [-0.2, -0.15) is 13.2 Å². The number of carbonyl (C=O) groups is 1. The Morgan fingerprint density at radius 2 is 1.91 bits per heavy atom. The summed E-state index contributed by atoms with van der Waals surface area (Å²) < 4.78 is 44.0. The van der Waals surface area contributed by atoms with Crippen LogP contribution in [0.3, 0.4) is 0 Å². The summed E-state index contributed by atoms with van der Waals surface area (Å²) in [6, 6.07) is 3.47. The number of benzene rings is 1. The van der Waals surface area contributed by atoms with Crippen molar-refractivity contribution in [3.05, 3.63) is 34.4 Å². The normalized spacial score (nSPS) is 17.0. The van der Waals surface area contributed by atoms with Crippen molar-refractivity contribution in [3.8, 4) is 5.75 Å². The van der Waals surface area contributed by atoms with Gasteiger partial charge in [0.15, 0.2) is 0 Å². The molecule has 22 heavy (non-hydrogen) atoms.